The van der Waals surface area contributed by atoms with Crippen molar-refractivity contribution in [1.29, 1.82) is 0 Å². The number of nitrogens with one attached hydrogen (secondary N) is 2. The molecule has 168 valence electrons. The van der Waals surface area contributed by atoms with E-state index in [1.807, 2.05) is 49.4 Å². The van der Waals surface area contributed by atoms with Crippen LogP contribution < -0.4 is 10.6 Å². The summed E-state index contributed by atoms with van der Waals surface area (Å²) in [7, 11) is -1.06. The van der Waals surface area contributed by atoms with Crippen LogP contribution in [-0.4, -0.2) is 66.8 Å². The summed E-state index contributed by atoms with van der Waals surface area (Å²) < 4.78 is 31.3. The Kier molecular flexibility index (Phi) is 9.45. The maximum Gasteiger partial charge on any atom is 0.191 e. The monoisotopic (exact) mass is 446 g/mol. The largest absolute Gasteiger partial charge is 0.379 e. The minimum Gasteiger partial charge on any atom is -0.379 e. The van der Waals surface area contributed by atoms with Gasteiger partial charge in [0.05, 0.1) is 36.6 Å². The second kappa shape index (κ2) is 12.5. The summed E-state index contributed by atoms with van der Waals surface area (Å²) in [5.41, 5.74) is 1.04. The van der Waals surface area contributed by atoms with E-state index in [0.717, 1.165) is 30.1 Å². The van der Waals surface area contributed by atoms with Crippen LogP contribution in [-0.2, 0) is 15.5 Å². The van der Waals surface area contributed by atoms with Gasteiger partial charge in [0.15, 0.2) is 5.96 Å². The highest BCUT2D eigenvalue weighted by atomic mass is 32.2. The van der Waals surface area contributed by atoms with E-state index in [9.17, 15) is 8.60 Å². The molecule has 31 heavy (non-hydrogen) atoms. The smallest absolute Gasteiger partial charge is 0.191 e. The van der Waals surface area contributed by atoms with Gasteiger partial charge in [-0.05, 0) is 36.8 Å². The minimum absolute atomic E-state index is 0.0402. The third-order valence-electron chi connectivity index (χ3n) is 5.09. The SMILES string of the molecule is CCNC(=NCC(c1ccc(F)cc1)N1CCOCC1)NCCS(=O)c1ccccc1. The Hall–Kier alpha value is -2.29. The van der Waals surface area contributed by atoms with Crippen LogP contribution in [0.5, 0.6) is 0 Å². The Morgan fingerprint density at radius 1 is 1.13 bits per heavy atom. The van der Waals surface area contributed by atoms with Crippen LogP contribution >= 0.6 is 0 Å². The van der Waals surface area contributed by atoms with E-state index in [4.69, 9.17) is 9.73 Å². The minimum atomic E-state index is -1.06. The van der Waals surface area contributed by atoms with Gasteiger partial charge in [-0.15, -0.1) is 0 Å². The molecule has 1 aliphatic heterocycles. The van der Waals surface area contributed by atoms with Crippen LogP contribution in [0, 0.1) is 5.82 Å². The first-order valence-electron chi connectivity index (χ1n) is 10.7. The first kappa shape index (κ1) is 23.4. The summed E-state index contributed by atoms with van der Waals surface area (Å²) in [5, 5.41) is 6.53. The van der Waals surface area contributed by atoms with E-state index in [2.05, 4.69) is 15.5 Å². The molecule has 1 fully saturated rings. The number of benzene rings is 2. The molecule has 1 heterocycles. The van der Waals surface area contributed by atoms with E-state index in [-0.39, 0.29) is 11.9 Å². The van der Waals surface area contributed by atoms with Gasteiger partial charge >= 0.3 is 0 Å². The van der Waals surface area contributed by atoms with Gasteiger partial charge in [0.1, 0.15) is 5.82 Å². The number of hydrogen-bond donors (Lipinski definition) is 2. The van der Waals surface area contributed by atoms with Crippen LogP contribution in [0.2, 0.25) is 0 Å². The molecule has 2 N–H and O–H groups in total. The van der Waals surface area contributed by atoms with E-state index in [1.54, 1.807) is 0 Å². The van der Waals surface area contributed by atoms with Crippen molar-refractivity contribution >= 4 is 16.8 Å². The number of nitrogens with zero attached hydrogens (tertiary/aromatic N) is 2. The van der Waals surface area contributed by atoms with Crippen molar-refractivity contribution in [2.45, 2.75) is 17.9 Å². The molecule has 2 aromatic rings. The highest BCUT2D eigenvalue weighted by Crippen LogP contribution is 2.22. The molecule has 2 aromatic carbocycles. The molecule has 0 bridgehead atoms. The van der Waals surface area contributed by atoms with Gasteiger partial charge in [0, 0.05) is 36.8 Å². The lowest BCUT2D eigenvalue weighted by molar-refractivity contribution is 0.0179. The molecule has 0 amide bonds. The summed E-state index contributed by atoms with van der Waals surface area (Å²) in [5.74, 6) is 0.946. The standard InChI is InChI=1S/C23H31FN4O2S/c1-2-25-23(26-12-17-31(29)21-6-4-3-5-7-21)27-18-22(28-13-15-30-16-14-28)19-8-10-20(24)11-9-19/h3-11,22H,2,12-18H2,1H3,(H2,25,26,27). The number of hydrogen-bond acceptors (Lipinski definition) is 4. The van der Waals surface area contributed by atoms with Crippen LogP contribution in [0.15, 0.2) is 64.5 Å². The van der Waals surface area contributed by atoms with Crippen molar-refractivity contribution in [2.24, 2.45) is 4.99 Å². The first-order valence-corrected chi connectivity index (χ1v) is 12.0. The molecule has 0 aromatic heterocycles. The lowest BCUT2D eigenvalue weighted by Gasteiger charge is -2.34. The maximum atomic E-state index is 13.4. The zero-order valence-corrected chi connectivity index (χ0v) is 18.7. The Labute approximate surface area is 186 Å². The topological polar surface area (TPSA) is 66.0 Å². The second-order valence-electron chi connectivity index (χ2n) is 7.22. The van der Waals surface area contributed by atoms with Crippen molar-refractivity contribution < 1.29 is 13.3 Å². The normalized spacial score (nSPS) is 17.2. The fourth-order valence-electron chi connectivity index (χ4n) is 3.48. The number of ether oxygens (including phenoxy) is 1. The van der Waals surface area contributed by atoms with Crippen molar-refractivity contribution in [3.05, 3.63) is 66.0 Å². The van der Waals surface area contributed by atoms with Gasteiger partial charge in [-0.2, -0.15) is 0 Å². The zero-order chi connectivity index (χ0) is 21.9. The van der Waals surface area contributed by atoms with E-state index >= 15 is 0 Å². The lowest BCUT2D eigenvalue weighted by atomic mass is 10.0. The van der Waals surface area contributed by atoms with Crippen molar-refractivity contribution in [3.63, 3.8) is 0 Å². The number of aliphatic imine (C=N–C) groups is 1. The molecule has 8 heteroatoms. The Morgan fingerprint density at radius 2 is 1.84 bits per heavy atom. The van der Waals surface area contributed by atoms with Gasteiger partial charge in [-0.25, -0.2) is 4.39 Å². The summed E-state index contributed by atoms with van der Waals surface area (Å²) in [6, 6.07) is 16.2. The lowest BCUT2D eigenvalue weighted by Crippen LogP contribution is -2.42. The molecule has 0 radical (unpaired) electrons. The van der Waals surface area contributed by atoms with E-state index in [0.29, 0.717) is 38.0 Å². The number of halogens is 1. The molecule has 0 aliphatic carbocycles. The summed E-state index contributed by atoms with van der Waals surface area (Å²) in [6.07, 6.45) is 0. The van der Waals surface area contributed by atoms with Gasteiger partial charge in [-0.1, -0.05) is 30.3 Å². The van der Waals surface area contributed by atoms with E-state index < -0.39 is 10.8 Å². The van der Waals surface area contributed by atoms with Gasteiger partial charge in [0.25, 0.3) is 0 Å². The van der Waals surface area contributed by atoms with Crippen LogP contribution in [0.3, 0.4) is 0 Å². The van der Waals surface area contributed by atoms with Crippen molar-refractivity contribution in [2.75, 3.05) is 51.7 Å². The Morgan fingerprint density at radius 3 is 2.52 bits per heavy atom. The Balaban J connectivity index is 1.63. The highest BCUT2D eigenvalue weighted by Gasteiger charge is 2.22. The fraction of sp³-hybridized carbons (Fsp3) is 0.435. The van der Waals surface area contributed by atoms with Crippen LogP contribution in [0.1, 0.15) is 18.5 Å². The molecule has 3 rings (SSSR count). The average molecular weight is 447 g/mol. The molecule has 2 unspecified atom stereocenters. The number of rotatable bonds is 9. The fourth-order valence-corrected chi connectivity index (χ4v) is 4.46. The molecular weight excluding hydrogens is 415 g/mol. The average Bonchev–Trinajstić information content (AvgIpc) is 2.81. The predicted molar refractivity (Wildman–Crippen MR) is 123 cm³/mol. The molecule has 0 spiro atoms. The first-order chi connectivity index (χ1) is 15.2. The highest BCUT2D eigenvalue weighted by molar-refractivity contribution is 7.85. The summed E-state index contributed by atoms with van der Waals surface area (Å²) in [4.78, 5) is 7.93. The quantitative estimate of drug-likeness (QED) is 0.458. The summed E-state index contributed by atoms with van der Waals surface area (Å²) >= 11 is 0. The van der Waals surface area contributed by atoms with Crippen molar-refractivity contribution in [1.82, 2.24) is 15.5 Å². The van der Waals surface area contributed by atoms with Gasteiger partial charge in [-0.3, -0.25) is 14.1 Å². The number of morpholine rings is 1. The molecule has 2 atom stereocenters. The van der Waals surface area contributed by atoms with E-state index in [1.165, 1.54) is 12.1 Å². The third-order valence-corrected chi connectivity index (χ3v) is 6.47. The molecule has 1 saturated heterocycles. The molecule has 1 aliphatic rings. The predicted octanol–water partition coefficient (Wildman–Crippen LogP) is 2.56. The maximum absolute atomic E-state index is 13.4. The summed E-state index contributed by atoms with van der Waals surface area (Å²) in [6.45, 7) is 6.82. The van der Waals surface area contributed by atoms with Gasteiger partial charge < -0.3 is 15.4 Å². The van der Waals surface area contributed by atoms with Crippen LogP contribution in [0.25, 0.3) is 0 Å². The molecular formula is C23H31FN4O2S. The zero-order valence-electron chi connectivity index (χ0n) is 17.9. The Bertz CT molecular complexity index is 842. The molecule has 0 saturated carbocycles. The molecule has 6 nitrogen and oxygen atoms in total. The van der Waals surface area contributed by atoms with Gasteiger partial charge in [0.2, 0.25) is 0 Å². The number of guanidine groups is 1. The van der Waals surface area contributed by atoms with Crippen molar-refractivity contribution in [3.8, 4) is 0 Å². The third kappa shape index (κ3) is 7.41. The second-order valence-corrected chi connectivity index (χ2v) is 8.80. The van der Waals surface area contributed by atoms with Crippen LogP contribution in [0.4, 0.5) is 4.39 Å².